The zero-order valence-corrected chi connectivity index (χ0v) is 12.5. The molecule has 88 valence electrons. The van der Waals surface area contributed by atoms with Crippen LogP contribution in [-0.4, -0.2) is 56.6 Å². The van der Waals surface area contributed by atoms with Crippen LogP contribution in [0.15, 0.2) is 24.3 Å². The normalized spacial score (nSPS) is 10.5. The number of carbonyl (C=O) groups excluding carboxylic acids is 1. The zero-order chi connectivity index (χ0) is 12.2. The topological polar surface area (TPSA) is 86.3 Å². The molecule has 17 heavy (non-hydrogen) atoms. The minimum atomic E-state index is -4.30. The molecule has 0 aromatic heterocycles. The van der Waals surface area contributed by atoms with E-state index in [1.165, 1.54) is 6.92 Å². The van der Waals surface area contributed by atoms with Crippen LogP contribution in [0.3, 0.4) is 0 Å². The van der Waals surface area contributed by atoms with Gasteiger partial charge in [0.1, 0.15) is 0 Å². The molecule has 0 fully saturated rings. The minimum absolute atomic E-state index is 0. The Balaban J connectivity index is 0.00000256. The van der Waals surface area contributed by atoms with Gasteiger partial charge >= 0.3 is 37.7 Å². The van der Waals surface area contributed by atoms with Crippen molar-refractivity contribution in [3.63, 3.8) is 0 Å². The second kappa shape index (κ2) is 7.33. The van der Waals surface area contributed by atoms with Gasteiger partial charge in [0.25, 0.3) is 0 Å². The molecule has 5 nitrogen and oxygen atoms in total. The Bertz CT molecular complexity index is 487. The summed E-state index contributed by atoms with van der Waals surface area (Å²) < 4.78 is 31.9. The van der Waals surface area contributed by atoms with Crippen molar-refractivity contribution in [1.29, 1.82) is 0 Å². The van der Waals surface area contributed by atoms with Crippen LogP contribution in [0.5, 0.6) is 0 Å². The largest absolute Gasteiger partial charge is 2.00 e. The second-order valence-electron chi connectivity index (χ2n) is 3.38. The van der Waals surface area contributed by atoms with E-state index in [0.717, 1.165) is 0 Å². The molecule has 0 saturated heterocycles. The summed E-state index contributed by atoms with van der Waals surface area (Å²) in [5.41, 5.74) is 1.06. The van der Waals surface area contributed by atoms with Gasteiger partial charge in [-0.25, -0.2) is 8.42 Å². The first-order chi connectivity index (χ1) is 7.38. The average Bonchev–Trinajstić information content (AvgIpc) is 2.14. The first-order valence-corrected chi connectivity index (χ1v) is 6.21. The fraction of sp³-hybridized carbons (Fsp3) is 0.300. The first kappa shape index (κ1) is 16.9. The van der Waals surface area contributed by atoms with Gasteiger partial charge in [0, 0.05) is 13.5 Å². The van der Waals surface area contributed by atoms with Crippen LogP contribution < -0.4 is 5.32 Å². The molecule has 1 aromatic rings. The van der Waals surface area contributed by atoms with Crippen LogP contribution >= 0.6 is 0 Å². The Morgan fingerprint density at radius 3 is 2.29 bits per heavy atom. The maximum atomic E-state index is 10.7. The van der Waals surface area contributed by atoms with Crippen LogP contribution in [0.4, 0.5) is 0 Å². The Morgan fingerprint density at radius 1 is 1.29 bits per heavy atom. The van der Waals surface area contributed by atoms with E-state index in [2.05, 4.69) is 5.32 Å². The van der Waals surface area contributed by atoms with E-state index >= 15 is 0 Å². The summed E-state index contributed by atoms with van der Waals surface area (Å²) in [6.45, 7) is 1.59. The van der Waals surface area contributed by atoms with Crippen LogP contribution in [-0.2, 0) is 27.2 Å². The van der Waals surface area contributed by atoms with Gasteiger partial charge in [0.2, 0.25) is 5.91 Å². The molecule has 0 spiro atoms. The number of hydrogen-bond acceptors (Lipinski definition) is 4. The summed E-state index contributed by atoms with van der Waals surface area (Å²) >= 11 is 0. The standard InChI is InChI=1S/C10H13NO4S.Ca/c1-8(12)11-6-9-4-2-3-5-10(9)7-16(13,14)15;/h2-5H,6-7H2,1H3,(H,11,12)(H,13,14,15);/q;+2/p-1. The van der Waals surface area contributed by atoms with E-state index in [1.807, 2.05) is 0 Å². The predicted molar refractivity (Wildman–Crippen MR) is 63.1 cm³/mol. The summed E-state index contributed by atoms with van der Waals surface area (Å²) in [5.74, 6) is -0.761. The van der Waals surface area contributed by atoms with E-state index in [4.69, 9.17) is 0 Å². The molecule has 0 radical (unpaired) electrons. The smallest absolute Gasteiger partial charge is 0.748 e. The van der Waals surface area contributed by atoms with Crippen molar-refractivity contribution in [3.05, 3.63) is 35.4 Å². The fourth-order valence-electron chi connectivity index (χ4n) is 1.28. The fourth-order valence-corrected chi connectivity index (χ4v) is 1.94. The molecule has 0 aliphatic heterocycles. The van der Waals surface area contributed by atoms with E-state index in [9.17, 15) is 17.8 Å². The van der Waals surface area contributed by atoms with Gasteiger partial charge in [-0.3, -0.25) is 4.79 Å². The van der Waals surface area contributed by atoms with Crippen molar-refractivity contribution in [2.75, 3.05) is 0 Å². The SMILES string of the molecule is CC(=O)NCc1ccccc1CS(=O)(=O)[O-].[Ca+2]. The Morgan fingerprint density at radius 2 is 1.82 bits per heavy atom. The van der Waals surface area contributed by atoms with E-state index < -0.39 is 15.9 Å². The molecule has 0 bridgehead atoms. The van der Waals surface area contributed by atoms with Crippen molar-refractivity contribution in [1.82, 2.24) is 5.32 Å². The van der Waals surface area contributed by atoms with Crippen LogP contribution in [0.1, 0.15) is 18.1 Å². The minimum Gasteiger partial charge on any atom is -0.748 e. The molecule has 7 heteroatoms. The molecular formula is C10H12CaNO4S+. The van der Waals surface area contributed by atoms with Crippen LogP contribution in [0.25, 0.3) is 0 Å². The Hall–Kier alpha value is -0.140. The van der Waals surface area contributed by atoms with Gasteiger partial charge in [-0.2, -0.15) is 0 Å². The number of hydrogen-bond donors (Lipinski definition) is 1. The second-order valence-corrected chi connectivity index (χ2v) is 4.78. The van der Waals surface area contributed by atoms with Crippen molar-refractivity contribution in [2.24, 2.45) is 0 Å². The third-order valence-corrected chi connectivity index (χ3v) is 2.64. The van der Waals surface area contributed by atoms with Gasteiger partial charge < -0.3 is 9.87 Å². The number of nitrogens with one attached hydrogen (secondary N) is 1. The third kappa shape index (κ3) is 7.00. The van der Waals surface area contributed by atoms with Gasteiger partial charge in [-0.05, 0) is 11.1 Å². The van der Waals surface area contributed by atoms with Crippen LogP contribution in [0.2, 0.25) is 0 Å². The number of amides is 1. The van der Waals surface area contributed by atoms with Gasteiger partial charge in [-0.15, -0.1) is 0 Å². The van der Waals surface area contributed by atoms with Crippen LogP contribution in [0, 0.1) is 0 Å². The summed E-state index contributed by atoms with van der Waals surface area (Å²) in [6, 6.07) is 6.61. The maximum Gasteiger partial charge on any atom is 2.00 e. The molecular weight excluding hydrogens is 270 g/mol. The number of rotatable bonds is 4. The summed E-state index contributed by atoms with van der Waals surface area (Å²) in [6.07, 6.45) is 0. The van der Waals surface area contributed by atoms with Crippen molar-refractivity contribution in [2.45, 2.75) is 19.2 Å². The van der Waals surface area contributed by atoms with Crippen molar-refractivity contribution >= 4 is 53.8 Å². The number of carbonyl (C=O) groups is 1. The van der Waals surface area contributed by atoms with Gasteiger partial charge in [-0.1, -0.05) is 24.3 Å². The van der Waals surface area contributed by atoms with Gasteiger partial charge in [0.05, 0.1) is 15.9 Å². The molecule has 1 rings (SSSR count). The molecule has 0 saturated carbocycles. The zero-order valence-electron chi connectivity index (χ0n) is 9.47. The Labute approximate surface area is 130 Å². The molecule has 0 heterocycles. The molecule has 0 aliphatic rings. The molecule has 0 unspecified atom stereocenters. The molecule has 1 amide bonds. The average molecular weight is 282 g/mol. The van der Waals surface area contributed by atoms with E-state index in [-0.39, 0.29) is 50.2 Å². The Kier molecular flexibility index (Phi) is 7.27. The molecule has 1 aromatic carbocycles. The third-order valence-electron chi connectivity index (χ3n) is 1.98. The molecule has 0 aliphatic carbocycles. The summed E-state index contributed by atoms with van der Waals surface area (Å²) in [5, 5.41) is 2.55. The number of benzene rings is 1. The maximum absolute atomic E-state index is 10.7. The van der Waals surface area contributed by atoms with E-state index in [0.29, 0.717) is 11.1 Å². The van der Waals surface area contributed by atoms with Gasteiger partial charge in [0.15, 0.2) is 0 Å². The monoisotopic (exact) mass is 282 g/mol. The molecule has 0 atom stereocenters. The van der Waals surface area contributed by atoms with E-state index in [1.54, 1.807) is 24.3 Å². The first-order valence-electron chi connectivity index (χ1n) is 4.63. The summed E-state index contributed by atoms with van der Waals surface area (Å²) in [4.78, 5) is 10.7. The van der Waals surface area contributed by atoms with Crippen molar-refractivity contribution < 1.29 is 17.8 Å². The summed E-state index contributed by atoms with van der Waals surface area (Å²) in [7, 11) is -4.30. The predicted octanol–water partition coefficient (Wildman–Crippen LogP) is -0.0129. The quantitative estimate of drug-likeness (QED) is 0.621. The molecule has 1 N–H and O–H groups in total. The van der Waals surface area contributed by atoms with Crippen molar-refractivity contribution in [3.8, 4) is 0 Å².